The number of anilines is 2. The summed E-state index contributed by atoms with van der Waals surface area (Å²) in [5, 5.41) is 0.479. The number of amides is 2. The summed E-state index contributed by atoms with van der Waals surface area (Å²) in [5.74, 6) is 0.0926. The summed E-state index contributed by atoms with van der Waals surface area (Å²) >= 11 is 6.09. The van der Waals surface area contributed by atoms with Crippen LogP contribution >= 0.6 is 11.6 Å². The summed E-state index contributed by atoms with van der Waals surface area (Å²) in [6, 6.07) is 14.5. The number of fused-ring (bicyclic) bond motifs is 1. The predicted octanol–water partition coefficient (Wildman–Crippen LogP) is 3.90. The van der Waals surface area contributed by atoms with E-state index in [9.17, 15) is 9.59 Å². The molecule has 0 atom stereocenters. The van der Waals surface area contributed by atoms with Crippen molar-refractivity contribution in [1.82, 2.24) is 0 Å². The molecule has 2 aromatic carbocycles. The molecule has 0 fully saturated rings. The molecule has 1 heterocycles. The second-order valence-corrected chi connectivity index (χ2v) is 7.03. The molecule has 1 aliphatic heterocycles. The van der Waals surface area contributed by atoms with Gasteiger partial charge in [-0.15, -0.1) is 0 Å². The Balaban J connectivity index is 1.94. The van der Waals surface area contributed by atoms with E-state index in [0.717, 1.165) is 5.69 Å². The van der Waals surface area contributed by atoms with Gasteiger partial charge in [-0.3, -0.25) is 14.5 Å². The molecule has 0 spiro atoms. The first-order valence-corrected chi connectivity index (χ1v) is 8.87. The Morgan fingerprint density at radius 2 is 1.88 bits per heavy atom. The van der Waals surface area contributed by atoms with Gasteiger partial charge in [-0.1, -0.05) is 29.8 Å². The molecule has 26 heavy (non-hydrogen) atoms. The molecule has 0 aliphatic carbocycles. The van der Waals surface area contributed by atoms with Crippen molar-refractivity contribution in [2.75, 3.05) is 22.9 Å². The molecule has 0 saturated heterocycles. The van der Waals surface area contributed by atoms with Gasteiger partial charge in [0.25, 0.3) is 5.91 Å². The van der Waals surface area contributed by atoms with Crippen LogP contribution in [0.4, 0.5) is 11.4 Å². The Bertz CT molecular complexity index is 836. The minimum absolute atomic E-state index is 0.0816. The summed E-state index contributed by atoms with van der Waals surface area (Å²) in [6.07, 6.45) is 0. The third-order valence-corrected chi connectivity index (χ3v) is 4.55. The molecule has 2 amide bonds. The zero-order chi connectivity index (χ0) is 18.9. The van der Waals surface area contributed by atoms with Crippen molar-refractivity contribution in [2.24, 2.45) is 0 Å². The number of benzene rings is 2. The third-order valence-electron chi connectivity index (χ3n) is 4.32. The van der Waals surface area contributed by atoms with Crippen molar-refractivity contribution in [3.63, 3.8) is 0 Å². The molecule has 0 radical (unpaired) electrons. The van der Waals surface area contributed by atoms with E-state index >= 15 is 0 Å². The highest BCUT2D eigenvalue weighted by Crippen LogP contribution is 2.39. The Hall–Kier alpha value is -2.53. The van der Waals surface area contributed by atoms with E-state index in [2.05, 4.69) is 0 Å². The number of nitrogens with zero attached hydrogens (tertiary/aromatic N) is 2. The number of carbonyl (C=O) groups excluding carboxylic acids is 2. The fraction of sp³-hybridized carbons (Fsp3) is 0.300. The van der Waals surface area contributed by atoms with Crippen LogP contribution < -0.4 is 14.5 Å². The van der Waals surface area contributed by atoms with Crippen molar-refractivity contribution in [1.29, 1.82) is 0 Å². The van der Waals surface area contributed by atoms with Crippen LogP contribution in [0.1, 0.15) is 20.8 Å². The first kappa shape index (κ1) is 18.3. The Kier molecular flexibility index (Phi) is 4.92. The van der Waals surface area contributed by atoms with Crippen molar-refractivity contribution in [3.05, 3.63) is 53.6 Å². The van der Waals surface area contributed by atoms with Crippen LogP contribution in [0.25, 0.3) is 0 Å². The highest BCUT2D eigenvalue weighted by molar-refractivity contribution is 6.31. The van der Waals surface area contributed by atoms with Gasteiger partial charge in [-0.25, -0.2) is 0 Å². The molecule has 1 aliphatic rings. The van der Waals surface area contributed by atoms with Gasteiger partial charge >= 0.3 is 0 Å². The van der Waals surface area contributed by atoms with Gasteiger partial charge in [-0.2, -0.15) is 0 Å². The SMILES string of the molecule is CCN(C(=O)CN1C(=O)C(C)(C)Oc2ccc(Cl)cc21)c1ccccc1. The van der Waals surface area contributed by atoms with E-state index in [4.69, 9.17) is 16.3 Å². The molecule has 2 aromatic rings. The van der Waals surface area contributed by atoms with Crippen molar-refractivity contribution in [2.45, 2.75) is 26.4 Å². The van der Waals surface area contributed by atoms with Crippen molar-refractivity contribution < 1.29 is 14.3 Å². The molecule has 0 N–H and O–H groups in total. The van der Waals surface area contributed by atoms with Gasteiger partial charge < -0.3 is 9.64 Å². The second kappa shape index (κ2) is 7.00. The van der Waals surface area contributed by atoms with E-state index in [1.165, 1.54) is 4.90 Å². The van der Waals surface area contributed by atoms with Gasteiger partial charge in [0.1, 0.15) is 12.3 Å². The second-order valence-electron chi connectivity index (χ2n) is 6.59. The summed E-state index contributed by atoms with van der Waals surface area (Å²) in [7, 11) is 0. The maximum absolute atomic E-state index is 13.0. The molecule has 6 heteroatoms. The minimum Gasteiger partial charge on any atom is -0.476 e. The van der Waals surface area contributed by atoms with Crippen LogP contribution in [0.3, 0.4) is 0 Å². The van der Waals surface area contributed by atoms with Gasteiger partial charge in [0, 0.05) is 17.3 Å². The Labute approximate surface area is 158 Å². The number of ether oxygens (including phenoxy) is 1. The first-order chi connectivity index (χ1) is 12.3. The van der Waals surface area contributed by atoms with Crippen molar-refractivity contribution >= 4 is 34.8 Å². The molecular formula is C20H21ClN2O3. The number of carbonyl (C=O) groups is 2. The Morgan fingerprint density at radius 3 is 2.54 bits per heavy atom. The van der Waals surface area contributed by atoms with Gasteiger partial charge in [0.15, 0.2) is 5.60 Å². The molecule has 5 nitrogen and oxygen atoms in total. The molecule has 136 valence electrons. The van der Waals surface area contributed by atoms with Crippen LogP contribution in [-0.4, -0.2) is 30.5 Å². The van der Waals surface area contributed by atoms with Crippen LogP contribution in [0.5, 0.6) is 5.75 Å². The average Bonchev–Trinajstić information content (AvgIpc) is 2.61. The normalized spacial score (nSPS) is 15.2. The predicted molar refractivity (Wildman–Crippen MR) is 103 cm³/mol. The number of halogens is 1. The lowest BCUT2D eigenvalue weighted by Crippen LogP contribution is -2.55. The summed E-state index contributed by atoms with van der Waals surface area (Å²) in [4.78, 5) is 29.0. The lowest BCUT2D eigenvalue weighted by Gasteiger charge is -2.39. The van der Waals surface area contributed by atoms with Gasteiger partial charge in [0.2, 0.25) is 5.91 Å². The standard InChI is InChI=1S/C20H21ClN2O3/c1-4-22(15-8-6-5-7-9-15)18(24)13-23-16-12-14(21)10-11-17(16)26-20(2,3)19(23)25/h5-12H,4,13H2,1-3H3. The summed E-state index contributed by atoms with van der Waals surface area (Å²) in [5.41, 5.74) is 0.260. The molecule has 0 saturated carbocycles. The van der Waals surface area contributed by atoms with E-state index in [1.54, 1.807) is 36.9 Å². The van der Waals surface area contributed by atoms with E-state index in [1.807, 2.05) is 37.3 Å². The largest absolute Gasteiger partial charge is 0.476 e. The zero-order valence-corrected chi connectivity index (χ0v) is 15.8. The van der Waals surface area contributed by atoms with Gasteiger partial charge in [-0.05, 0) is 51.1 Å². The number of para-hydroxylation sites is 1. The van der Waals surface area contributed by atoms with Crippen LogP contribution in [0, 0.1) is 0 Å². The molecule has 3 rings (SSSR count). The number of rotatable bonds is 4. The fourth-order valence-electron chi connectivity index (χ4n) is 3.03. The quantitative estimate of drug-likeness (QED) is 0.817. The van der Waals surface area contributed by atoms with E-state index in [0.29, 0.717) is 23.0 Å². The summed E-state index contributed by atoms with van der Waals surface area (Å²) < 4.78 is 5.80. The minimum atomic E-state index is -1.05. The molecule has 0 unspecified atom stereocenters. The highest BCUT2D eigenvalue weighted by atomic mass is 35.5. The number of hydrogen-bond donors (Lipinski definition) is 0. The molecule has 0 bridgehead atoms. The van der Waals surface area contributed by atoms with E-state index in [-0.39, 0.29) is 18.4 Å². The van der Waals surface area contributed by atoms with Crippen LogP contribution in [0.2, 0.25) is 5.02 Å². The monoisotopic (exact) mass is 372 g/mol. The van der Waals surface area contributed by atoms with Crippen LogP contribution in [0.15, 0.2) is 48.5 Å². The maximum Gasteiger partial charge on any atom is 0.271 e. The zero-order valence-electron chi connectivity index (χ0n) is 15.0. The Morgan fingerprint density at radius 1 is 1.19 bits per heavy atom. The number of hydrogen-bond acceptors (Lipinski definition) is 3. The van der Waals surface area contributed by atoms with Crippen LogP contribution in [-0.2, 0) is 9.59 Å². The lowest BCUT2D eigenvalue weighted by atomic mass is 10.0. The molecular weight excluding hydrogens is 352 g/mol. The average molecular weight is 373 g/mol. The molecule has 0 aromatic heterocycles. The third kappa shape index (κ3) is 3.40. The van der Waals surface area contributed by atoms with E-state index < -0.39 is 5.60 Å². The smallest absolute Gasteiger partial charge is 0.271 e. The first-order valence-electron chi connectivity index (χ1n) is 8.49. The van der Waals surface area contributed by atoms with Crippen molar-refractivity contribution in [3.8, 4) is 5.75 Å². The number of likely N-dealkylation sites (N-methyl/N-ethyl adjacent to an activating group) is 1. The topological polar surface area (TPSA) is 49.9 Å². The highest BCUT2D eigenvalue weighted by Gasteiger charge is 2.42. The van der Waals surface area contributed by atoms with Gasteiger partial charge in [0.05, 0.1) is 5.69 Å². The lowest BCUT2D eigenvalue weighted by molar-refractivity contribution is -0.134. The summed E-state index contributed by atoms with van der Waals surface area (Å²) in [6.45, 7) is 5.72. The maximum atomic E-state index is 13.0. The fourth-order valence-corrected chi connectivity index (χ4v) is 3.20.